The molecule has 1 aromatic carbocycles. The Bertz CT molecular complexity index is 647. The minimum atomic E-state index is -2.97. The number of rotatable bonds is 4. The number of hydrogen-bond acceptors (Lipinski definition) is 4. The van der Waals surface area contributed by atoms with Gasteiger partial charge in [0.2, 0.25) is 0 Å². The first-order valence-corrected chi connectivity index (χ1v) is 7.56. The van der Waals surface area contributed by atoms with Gasteiger partial charge in [-0.3, -0.25) is 4.68 Å². The molecule has 0 saturated heterocycles. The molecule has 6 heteroatoms. The van der Waals surface area contributed by atoms with E-state index in [1.165, 1.54) is 6.26 Å². The molecule has 1 aromatic heterocycles. The van der Waals surface area contributed by atoms with Gasteiger partial charge in [-0.2, -0.15) is 5.10 Å². The van der Waals surface area contributed by atoms with Crippen molar-refractivity contribution in [2.24, 2.45) is 0 Å². The smallest absolute Gasteiger partial charge is 0.149 e. The lowest BCUT2D eigenvalue weighted by Gasteiger charge is -2.00. The second-order valence-corrected chi connectivity index (χ2v) is 6.51. The molecule has 0 saturated carbocycles. The number of hydrogen-bond donors (Lipinski definition) is 1. The molecule has 0 aliphatic heterocycles. The largest absolute Gasteiger partial charge is 0.399 e. The third kappa shape index (κ3) is 3.33. The molecule has 96 valence electrons. The summed E-state index contributed by atoms with van der Waals surface area (Å²) >= 11 is 0. The summed E-state index contributed by atoms with van der Waals surface area (Å²) in [7, 11) is -2.97. The van der Waals surface area contributed by atoms with E-state index < -0.39 is 9.84 Å². The molecule has 0 bridgehead atoms. The zero-order valence-corrected chi connectivity index (χ0v) is 10.9. The van der Waals surface area contributed by atoms with Crippen LogP contribution in [0.25, 0.3) is 11.1 Å². The number of nitrogens with two attached hydrogens (primary N) is 1. The lowest BCUT2D eigenvalue weighted by molar-refractivity contribution is 0.586. The molecule has 0 atom stereocenters. The standard InChI is InChI=1S/C12H15N3O2S/c1-18(16,17)6-5-15-9-11(8-14-15)10-3-2-4-12(13)7-10/h2-4,7-9H,5-6,13H2,1H3. The fourth-order valence-electron chi connectivity index (χ4n) is 1.61. The molecule has 0 fully saturated rings. The van der Waals surface area contributed by atoms with Crippen molar-refractivity contribution in [2.75, 3.05) is 17.7 Å². The summed E-state index contributed by atoms with van der Waals surface area (Å²) in [5.41, 5.74) is 8.30. The number of aromatic nitrogens is 2. The quantitative estimate of drug-likeness (QED) is 0.842. The van der Waals surface area contributed by atoms with Gasteiger partial charge < -0.3 is 5.73 Å². The second-order valence-electron chi connectivity index (χ2n) is 4.25. The molecule has 0 unspecified atom stereocenters. The van der Waals surface area contributed by atoms with Crippen molar-refractivity contribution in [1.29, 1.82) is 0 Å². The van der Waals surface area contributed by atoms with Crippen molar-refractivity contribution >= 4 is 15.5 Å². The molecule has 18 heavy (non-hydrogen) atoms. The maximum absolute atomic E-state index is 11.1. The monoisotopic (exact) mass is 265 g/mol. The minimum Gasteiger partial charge on any atom is -0.399 e. The zero-order valence-electron chi connectivity index (χ0n) is 10.1. The van der Waals surface area contributed by atoms with Gasteiger partial charge in [-0.25, -0.2) is 8.42 Å². The van der Waals surface area contributed by atoms with Crippen LogP contribution >= 0.6 is 0 Å². The number of nitrogen functional groups attached to an aromatic ring is 1. The van der Waals surface area contributed by atoms with Crippen LogP contribution in [-0.4, -0.2) is 30.2 Å². The Kier molecular flexibility index (Phi) is 3.38. The van der Waals surface area contributed by atoms with Crippen LogP contribution in [0.15, 0.2) is 36.7 Å². The molecule has 5 nitrogen and oxygen atoms in total. The summed E-state index contributed by atoms with van der Waals surface area (Å²) in [6.45, 7) is 0.362. The summed E-state index contributed by atoms with van der Waals surface area (Å²) in [6, 6.07) is 7.49. The first kappa shape index (κ1) is 12.6. The molecule has 0 aliphatic carbocycles. The highest BCUT2D eigenvalue weighted by Gasteiger charge is 2.05. The molecular weight excluding hydrogens is 250 g/mol. The average Bonchev–Trinajstić information content (AvgIpc) is 2.74. The summed E-state index contributed by atoms with van der Waals surface area (Å²) in [5, 5.41) is 4.14. The normalized spacial score (nSPS) is 11.6. The van der Waals surface area contributed by atoms with Crippen LogP contribution in [0.1, 0.15) is 0 Å². The van der Waals surface area contributed by atoms with Gasteiger partial charge >= 0.3 is 0 Å². The molecule has 0 aliphatic rings. The van der Waals surface area contributed by atoms with Crippen molar-refractivity contribution in [3.05, 3.63) is 36.7 Å². The Morgan fingerprint density at radius 1 is 1.33 bits per heavy atom. The van der Waals surface area contributed by atoms with Crippen LogP contribution < -0.4 is 5.73 Å². The Morgan fingerprint density at radius 2 is 2.11 bits per heavy atom. The summed E-state index contributed by atoms with van der Waals surface area (Å²) < 4.78 is 23.8. The van der Waals surface area contributed by atoms with Crippen LogP contribution in [-0.2, 0) is 16.4 Å². The van der Waals surface area contributed by atoms with Crippen LogP contribution in [0.3, 0.4) is 0 Å². The van der Waals surface area contributed by atoms with E-state index in [2.05, 4.69) is 5.10 Å². The van der Waals surface area contributed by atoms with E-state index in [-0.39, 0.29) is 5.75 Å². The molecule has 2 aromatic rings. The summed E-state index contributed by atoms with van der Waals surface area (Å²) in [5.74, 6) is 0.0883. The topological polar surface area (TPSA) is 78.0 Å². The molecule has 2 N–H and O–H groups in total. The maximum Gasteiger partial charge on any atom is 0.149 e. The minimum absolute atomic E-state index is 0.0883. The lowest BCUT2D eigenvalue weighted by atomic mass is 10.1. The number of sulfone groups is 1. The summed E-state index contributed by atoms with van der Waals surface area (Å²) in [6.07, 6.45) is 4.74. The number of benzene rings is 1. The molecule has 0 radical (unpaired) electrons. The number of anilines is 1. The third-order valence-corrected chi connectivity index (χ3v) is 3.47. The van der Waals surface area contributed by atoms with Gasteiger partial charge in [0.1, 0.15) is 9.84 Å². The molecular formula is C12H15N3O2S. The van der Waals surface area contributed by atoms with Crippen molar-refractivity contribution < 1.29 is 8.42 Å². The highest BCUT2D eigenvalue weighted by molar-refractivity contribution is 7.90. The van der Waals surface area contributed by atoms with Crippen molar-refractivity contribution in [3.8, 4) is 11.1 Å². The third-order valence-electron chi connectivity index (χ3n) is 2.54. The van der Waals surface area contributed by atoms with E-state index in [0.717, 1.165) is 11.1 Å². The fraction of sp³-hybridized carbons (Fsp3) is 0.250. The Labute approximate surface area is 106 Å². The zero-order chi connectivity index (χ0) is 13.2. The first-order chi connectivity index (χ1) is 8.44. The fourth-order valence-corrected chi connectivity index (χ4v) is 2.13. The lowest BCUT2D eigenvalue weighted by Crippen LogP contribution is -2.11. The van der Waals surface area contributed by atoms with Gasteiger partial charge in [-0.05, 0) is 17.7 Å². The SMILES string of the molecule is CS(=O)(=O)CCn1cc(-c2cccc(N)c2)cn1. The average molecular weight is 265 g/mol. The highest BCUT2D eigenvalue weighted by atomic mass is 32.2. The van der Waals surface area contributed by atoms with Gasteiger partial charge in [0, 0.05) is 23.7 Å². The Hall–Kier alpha value is -1.82. The Morgan fingerprint density at radius 3 is 2.78 bits per heavy atom. The molecule has 0 spiro atoms. The number of nitrogens with zero attached hydrogens (tertiary/aromatic N) is 2. The van der Waals surface area contributed by atoms with E-state index in [1.807, 2.05) is 30.5 Å². The van der Waals surface area contributed by atoms with Crippen LogP contribution in [0.5, 0.6) is 0 Å². The van der Waals surface area contributed by atoms with E-state index in [9.17, 15) is 8.42 Å². The highest BCUT2D eigenvalue weighted by Crippen LogP contribution is 2.20. The molecule has 0 amide bonds. The Balaban J connectivity index is 2.16. The van der Waals surface area contributed by atoms with Crippen molar-refractivity contribution in [3.63, 3.8) is 0 Å². The first-order valence-electron chi connectivity index (χ1n) is 5.50. The van der Waals surface area contributed by atoms with E-state index in [4.69, 9.17) is 5.73 Å². The molecule has 1 heterocycles. The van der Waals surface area contributed by atoms with Gasteiger partial charge in [0.25, 0.3) is 0 Å². The van der Waals surface area contributed by atoms with Gasteiger partial charge in [0.05, 0.1) is 18.5 Å². The van der Waals surface area contributed by atoms with Crippen molar-refractivity contribution in [1.82, 2.24) is 9.78 Å². The summed E-state index contributed by atoms with van der Waals surface area (Å²) in [4.78, 5) is 0. The molecule has 2 rings (SSSR count). The van der Waals surface area contributed by atoms with Gasteiger partial charge in [0.15, 0.2) is 0 Å². The van der Waals surface area contributed by atoms with E-state index in [1.54, 1.807) is 10.9 Å². The van der Waals surface area contributed by atoms with Crippen molar-refractivity contribution in [2.45, 2.75) is 6.54 Å². The van der Waals surface area contributed by atoms with E-state index in [0.29, 0.717) is 12.2 Å². The van der Waals surface area contributed by atoms with Crippen LogP contribution in [0.2, 0.25) is 0 Å². The van der Waals surface area contributed by atoms with Gasteiger partial charge in [-0.15, -0.1) is 0 Å². The number of aryl methyl sites for hydroxylation is 1. The predicted molar refractivity (Wildman–Crippen MR) is 71.8 cm³/mol. The van der Waals surface area contributed by atoms with Gasteiger partial charge in [-0.1, -0.05) is 12.1 Å². The second kappa shape index (κ2) is 4.81. The van der Waals surface area contributed by atoms with Crippen LogP contribution in [0.4, 0.5) is 5.69 Å². The maximum atomic E-state index is 11.1. The van der Waals surface area contributed by atoms with Crippen LogP contribution in [0, 0.1) is 0 Å². The predicted octanol–water partition coefficient (Wildman–Crippen LogP) is 1.18. The van der Waals surface area contributed by atoms with E-state index >= 15 is 0 Å².